The molecule has 4 nitrogen and oxygen atoms in total. The van der Waals surface area contributed by atoms with Crippen LogP contribution >= 0.6 is 11.8 Å². The summed E-state index contributed by atoms with van der Waals surface area (Å²) < 4.78 is 7.04. The molecule has 0 aliphatic rings. The van der Waals surface area contributed by atoms with Crippen LogP contribution in [-0.2, 0) is 5.75 Å². The van der Waals surface area contributed by atoms with E-state index in [-0.39, 0.29) is 11.6 Å². The Balaban J connectivity index is 1.75. The van der Waals surface area contributed by atoms with Gasteiger partial charge in [0.05, 0.1) is 24.1 Å². The standard InChI is InChI=1S/C24H22N2O2S/c1-17(19-8-4-3-5-9-19)26-23(27)21-10-6-7-11-22(21)25-24(26)29-16-18-12-14-20(28-2)15-13-18/h3-15,17H,16H2,1-2H3. The van der Waals surface area contributed by atoms with E-state index in [1.165, 1.54) is 0 Å². The van der Waals surface area contributed by atoms with Crippen molar-refractivity contribution in [2.24, 2.45) is 0 Å². The van der Waals surface area contributed by atoms with Gasteiger partial charge in [0.15, 0.2) is 5.16 Å². The Morgan fingerprint density at radius 3 is 2.38 bits per heavy atom. The average molecular weight is 403 g/mol. The molecule has 0 saturated carbocycles. The minimum Gasteiger partial charge on any atom is -0.497 e. The summed E-state index contributed by atoms with van der Waals surface area (Å²) in [5.41, 5.74) is 2.95. The van der Waals surface area contributed by atoms with Gasteiger partial charge in [0, 0.05) is 5.75 Å². The molecule has 0 spiro atoms. The van der Waals surface area contributed by atoms with Crippen molar-refractivity contribution >= 4 is 22.7 Å². The number of hydrogen-bond acceptors (Lipinski definition) is 4. The van der Waals surface area contributed by atoms with Crippen molar-refractivity contribution in [1.29, 1.82) is 0 Å². The topological polar surface area (TPSA) is 44.1 Å². The first kappa shape index (κ1) is 19.3. The Bertz CT molecular complexity index is 1170. The zero-order valence-corrected chi connectivity index (χ0v) is 17.2. The molecule has 0 saturated heterocycles. The van der Waals surface area contributed by atoms with E-state index in [0.29, 0.717) is 5.39 Å². The van der Waals surface area contributed by atoms with E-state index in [2.05, 4.69) is 0 Å². The molecule has 3 aromatic carbocycles. The van der Waals surface area contributed by atoms with Crippen LogP contribution in [0.1, 0.15) is 24.1 Å². The van der Waals surface area contributed by atoms with Crippen LogP contribution in [0.5, 0.6) is 5.75 Å². The molecule has 1 unspecified atom stereocenters. The lowest BCUT2D eigenvalue weighted by atomic mass is 10.1. The number of methoxy groups -OCH3 is 1. The largest absolute Gasteiger partial charge is 0.497 e. The molecule has 0 aliphatic carbocycles. The van der Waals surface area contributed by atoms with Crippen LogP contribution in [-0.4, -0.2) is 16.7 Å². The first-order chi connectivity index (χ1) is 14.2. The van der Waals surface area contributed by atoms with E-state index < -0.39 is 0 Å². The first-order valence-corrected chi connectivity index (χ1v) is 10.5. The van der Waals surface area contributed by atoms with E-state index >= 15 is 0 Å². The van der Waals surface area contributed by atoms with Gasteiger partial charge in [0.1, 0.15) is 5.75 Å². The van der Waals surface area contributed by atoms with Crippen LogP contribution in [0, 0.1) is 0 Å². The number of fused-ring (bicyclic) bond motifs is 1. The van der Waals surface area contributed by atoms with Crippen molar-refractivity contribution in [2.45, 2.75) is 23.9 Å². The predicted molar refractivity (Wildman–Crippen MR) is 119 cm³/mol. The zero-order valence-electron chi connectivity index (χ0n) is 16.4. The van der Waals surface area contributed by atoms with Crippen LogP contribution in [0.15, 0.2) is 88.8 Å². The fraction of sp³-hybridized carbons (Fsp3) is 0.167. The molecule has 1 heterocycles. The molecule has 0 N–H and O–H groups in total. The molecule has 5 heteroatoms. The number of aromatic nitrogens is 2. The fourth-order valence-corrected chi connectivity index (χ4v) is 4.35. The molecule has 4 rings (SSSR count). The smallest absolute Gasteiger partial charge is 0.262 e. The summed E-state index contributed by atoms with van der Waals surface area (Å²) in [6.07, 6.45) is 0. The van der Waals surface area contributed by atoms with Crippen LogP contribution in [0.4, 0.5) is 0 Å². The van der Waals surface area contributed by atoms with Crippen LogP contribution in [0.25, 0.3) is 10.9 Å². The third-order valence-corrected chi connectivity index (χ3v) is 6.00. The van der Waals surface area contributed by atoms with Crippen molar-refractivity contribution in [3.05, 3.63) is 100 Å². The highest BCUT2D eigenvalue weighted by Gasteiger charge is 2.18. The average Bonchev–Trinajstić information content (AvgIpc) is 2.78. The molecule has 0 fully saturated rings. The van der Waals surface area contributed by atoms with Gasteiger partial charge in [-0.25, -0.2) is 4.98 Å². The van der Waals surface area contributed by atoms with Gasteiger partial charge >= 0.3 is 0 Å². The van der Waals surface area contributed by atoms with Gasteiger partial charge in [0.25, 0.3) is 5.56 Å². The maximum absolute atomic E-state index is 13.4. The van der Waals surface area contributed by atoms with Gasteiger partial charge in [-0.1, -0.05) is 66.4 Å². The van der Waals surface area contributed by atoms with E-state index in [9.17, 15) is 4.79 Å². The Morgan fingerprint density at radius 2 is 1.66 bits per heavy atom. The van der Waals surface area contributed by atoms with E-state index in [1.54, 1.807) is 18.9 Å². The van der Waals surface area contributed by atoms with Gasteiger partial charge < -0.3 is 4.74 Å². The monoisotopic (exact) mass is 402 g/mol. The van der Waals surface area contributed by atoms with Crippen molar-refractivity contribution in [3.63, 3.8) is 0 Å². The molecule has 0 bridgehead atoms. The van der Waals surface area contributed by atoms with E-state index in [0.717, 1.165) is 33.3 Å². The number of rotatable bonds is 6. The maximum atomic E-state index is 13.4. The van der Waals surface area contributed by atoms with Crippen molar-refractivity contribution in [1.82, 2.24) is 9.55 Å². The number of ether oxygens (including phenoxy) is 1. The molecule has 1 atom stereocenters. The second kappa shape index (κ2) is 8.53. The van der Waals surface area contributed by atoms with Gasteiger partial charge in [-0.3, -0.25) is 9.36 Å². The lowest BCUT2D eigenvalue weighted by Gasteiger charge is -2.20. The summed E-state index contributed by atoms with van der Waals surface area (Å²) in [4.78, 5) is 18.2. The van der Waals surface area contributed by atoms with Gasteiger partial charge in [-0.15, -0.1) is 0 Å². The maximum Gasteiger partial charge on any atom is 0.262 e. The number of nitrogens with zero attached hydrogens (tertiary/aromatic N) is 2. The van der Waals surface area contributed by atoms with Crippen LogP contribution in [0.2, 0.25) is 0 Å². The summed E-state index contributed by atoms with van der Waals surface area (Å²) in [5, 5.41) is 1.37. The molecule has 4 aromatic rings. The summed E-state index contributed by atoms with van der Waals surface area (Å²) in [6.45, 7) is 2.05. The van der Waals surface area contributed by atoms with Gasteiger partial charge in [0.2, 0.25) is 0 Å². The van der Waals surface area contributed by atoms with Gasteiger partial charge in [-0.05, 0) is 42.3 Å². The lowest BCUT2D eigenvalue weighted by Crippen LogP contribution is -2.27. The molecule has 146 valence electrons. The molecule has 0 aliphatic heterocycles. The third-order valence-electron chi connectivity index (χ3n) is 4.97. The van der Waals surface area contributed by atoms with Crippen molar-refractivity contribution in [3.8, 4) is 5.75 Å². The Morgan fingerprint density at radius 1 is 0.966 bits per heavy atom. The van der Waals surface area contributed by atoms with Crippen LogP contribution in [0.3, 0.4) is 0 Å². The summed E-state index contributed by atoms with van der Waals surface area (Å²) in [7, 11) is 1.66. The van der Waals surface area contributed by atoms with Crippen LogP contribution < -0.4 is 10.3 Å². The summed E-state index contributed by atoms with van der Waals surface area (Å²) in [6, 6.07) is 25.5. The summed E-state index contributed by atoms with van der Waals surface area (Å²) in [5.74, 6) is 1.55. The fourth-order valence-electron chi connectivity index (χ4n) is 3.32. The van der Waals surface area contributed by atoms with Gasteiger partial charge in [-0.2, -0.15) is 0 Å². The van der Waals surface area contributed by atoms with E-state index in [4.69, 9.17) is 9.72 Å². The predicted octanol–water partition coefficient (Wildman–Crippen LogP) is 5.31. The third kappa shape index (κ3) is 4.05. The molecule has 1 aromatic heterocycles. The number of benzene rings is 3. The Hall–Kier alpha value is -3.05. The Labute approximate surface area is 174 Å². The molecular weight excluding hydrogens is 380 g/mol. The minimum atomic E-state index is -0.112. The normalized spacial score (nSPS) is 12.1. The van der Waals surface area contributed by atoms with E-state index in [1.807, 2.05) is 90.4 Å². The zero-order chi connectivity index (χ0) is 20.2. The highest BCUT2D eigenvalue weighted by atomic mass is 32.2. The minimum absolute atomic E-state index is 0.0100. The molecule has 0 amide bonds. The lowest BCUT2D eigenvalue weighted by molar-refractivity contribution is 0.414. The Kier molecular flexibility index (Phi) is 5.67. The second-order valence-corrected chi connectivity index (χ2v) is 7.75. The number of hydrogen-bond donors (Lipinski definition) is 0. The number of para-hydroxylation sites is 1. The highest BCUT2D eigenvalue weighted by Crippen LogP contribution is 2.27. The number of thioether (sulfide) groups is 1. The first-order valence-electron chi connectivity index (χ1n) is 9.49. The summed E-state index contributed by atoms with van der Waals surface area (Å²) >= 11 is 1.58. The quantitative estimate of drug-likeness (QED) is 0.324. The highest BCUT2D eigenvalue weighted by molar-refractivity contribution is 7.98. The second-order valence-electron chi connectivity index (χ2n) is 6.81. The van der Waals surface area contributed by atoms with Crippen molar-refractivity contribution in [2.75, 3.05) is 7.11 Å². The molecule has 0 radical (unpaired) electrons. The molecular formula is C24H22N2O2S. The SMILES string of the molecule is COc1ccc(CSc2nc3ccccc3c(=O)n2C(C)c2ccccc2)cc1. The molecule has 29 heavy (non-hydrogen) atoms. The van der Waals surface area contributed by atoms with Crippen molar-refractivity contribution < 1.29 is 4.74 Å².